The van der Waals surface area contributed by atoms with E-state index in [0.717, 1.165) is 0 Å². The Morgan fingerprint density at radius 2 is 0.833 bits per heavy atom. The van der Waals surface area contributed by atoms with Crippen molar-refractivity contribution in [1.82, 2.24) is 0 Å². The van der Waals surface area contributed by atoms with Crippen LogP contribution in [0.25, 0.3) is 0 Å². The molecule has 6 heteroatoms. The van der Waals surface area contributed by atoms with Crippen LogP contribution in [0.1, 0.15) is 0 Å². The van der Waals surface area contributed by atoms with Crippen LogP contribution in [-0.2, 0) is 53.8 Å². The molecule has 42 valence electrons. The topological polar surface area (TPSA) is 0 Å². The second-order valence-electron chi connectivity index (χ2n) is 0. The summed E-state index contributed by atoms with van der Waals surface area (Å²) in [6.45, 7) is 0. The molecule has 0 nitrogen and oxygen atoms in total. The van der Waals surface area contributed by atoms with Crippen LogP contribution in [0, 0.1) is 79.9 Å². The Bertz CT molecular complexity index is 9.51. The van der Waals surface area contributed by atoms with Crippen molar-refractivity contribution in [3.63, 3.8) is 0 Å². The maximum absolute atomic E-state index is 3.78. The molecule has 0 aliphatic rings. The van der Waals surface area contributed by atoms with Crippen molar-refractivity contribution in [3.8, 4) is 0 Å². The number of hydrogen-bond acceptors (Lipinski definition) is 2. The monoisotopic (exact) mass is 577 g/mol. The molecule has 0 aromatic heterocycles. The van der Waals surface area contributed by atoms with Crippen LogP contribution in [-0.4, -0.2) is 0 Å². The van der Waals surface area contributed by atoms with Gasteiger partial charge in [-0.25, -0.2) is 0 Å². The zero-order valence-corrected chi connectivity index (χ0v) is 12.6. The smallest absolute Gasteiger partial charge is 0 e. The average Bonchev–Trinajstić information content (AvgIpc) is 1.00. The fourth-order valence-electron chi connectivity index (χ4n) is 0. The van der Waals surface area contributed by atoms with Gasteiger partial charge in [-0.2, -0.15) is 0 Å². The minimum atomic E-state index is 0. The Morgan fingerprint density at radius 3 is 0.833 bits per heavy atom. The normalized spacial score (nSPS) is 1.00. The molecule has 0 spiro atoms. The average molecular weight is 572 g/mol. The molecule has 6 heavy (non-hydrogen) atoms. The van der Waals surface area contributed by atoms with E-state index in [-0.39, 0.29) is 122 Å². The quantitative estimate of drug-likeness (QED) is 0.190. The van der Waals surface area contributed by atoms with Crippen molar-refractivity contribution >= 4 is 23.3 Å². The van der Waals surface area contributed by atoms with Crippen molar-refractivity contribution < 1.29 is 122 Å². The van der Waals surface area contributed by atoms with Gasteiger partial charge in [0.1, 0.15) is 0 Å². The minimum Gasteiger partial charge on any atom is -0.723 e. The van der Waals surface area contributed by atoms with Crippen LogP contribution >= 0.6 is 11.7 Å². The van der Waals surface area contributed by atoms with Crippen molar-refractivity contribution in [3.05, 3.63) is 0 Å². The summed E-state index contributed by atoms with van der Waals surface area (Å²) in [4.78, 5) is 0. The van der Waals surface area contributed by atoms with Gasteiger partial charge in [-0.15, -0.1) is 0 Å². The van der Waals surface area contributed by atoms with Gasteiger partial charge in [-0.1, -0.05) is 0 Å². The van der Waals surface area contributed by atoms with E-state index in [1.807, 2.05) is 0 Å². The van der Waals surface area contributed by atoms with Crippen LogP contribution in [0.5, 0.6) is 0 Å². The van der Waals surface area contributed by atoms with Crippen molar-refractivity contribution in [2.24, 2.45) is 0 Å². The number of hydrogen-bond donors (Lipinski definition) is 1. The largest absolute Gasteiger partial charge is 0.723 e. The predicted molar refractivity (Wildman–Crippen MR) is 16.4 cm³/mol. The summed E-state index contributed by atoms with van der Waals surface area (Å²) < 4.78 is 0. The first kappa shape index (κ1) is 30.9. The molecule has 0 aliphatic carbocycles. The fraction of sp³-hybridized carbons (Fsp3) is 0. The summed E-state index contributed by atoms with van der Waals surface area (Å²) >= 11 is 6.89. The van der Waals surface area contributed by atoms with Crippen LogP contribution in [0.15, 0.2) is 0 Å². The Balaban J connectivity index is -0.000000000833. The van der Waals surface area contributed by atoms with Gasteiger partial charge in [-0.05, 0) is 0 Å². The molecule has 0 rings (SSSR count). The Kier molecular flexibility index (Phi) is 171. The second kappa shape index (κ2) is 33.2. The SMILES string of the molecule is [Gd].[Gd].[Mo].[Mo].[S-]S. The van der Waals surface area contributed by atoms with Gasteiger partial charge in [0.25, 0.3) is 0 Å². The molecular weight excluding hydrogens is 571 g/mol. The molecule has 0 N–H and O–H groups in total. The molecule has 0 aromatic rings. The molecule has 0 aliphatic heterocycles. The van der Waals surface area contributed by atoms with Crippen LogP contribution in [0.3, 0.4) is 0 Å². The van der Waals surface area contributed by atoms with E-state index in [2.05, 4.69) is 23.3 Å². The summed E-state index contributed by atoms with van der Waals surface area (Å²) in [5, 5.41) is 0. The third-order valence-corrected chi connectivity index (χ3v) is 0. The molecule has 0 atom stereocenters. The third kappa shape index (κ3) is 23.3. The molecule has 0 radical (unpaired) electrons. The van der Waals surface area contributed by atoms with Gasteiger partial charge in [0, 0.05) is 122 Å². The van der Waals surface area contributed by atoms with Gasteiger partial charge in [0.05, 0.1) is 0 Å². The summed E-state index contributed by atoms with van der Waals surface area (Å²) in [5.74, 6) is 0. The fourth-order valence-corrected chi connectivity index (χ4v) is 0. The molecule has 0 bridgehead atoms. The van der Waals surface area contributed by atoms with E-state index < -0.39 is 0 Å². The van der Waals surface area contributed by atoms with Gasteiger partial charge in [-0.3, -0.25) is 0 Å². The van der Waals surface area contributed by atoms with Gasteiger partial charge < -0.3 is 23.3 Å². The second-order valence-corrected chi connectivity index (χ2v) is 0. The van der Waals surface area contributed by atoms with Crippen LogP contribution < -0.4 is 0 Å². The van der Waals surface area contributed by atoms with Crippen LogP contribution in [0.2, 0.25) is 0 Å². The first-order valence-electron chi connectivity index (χ1n) is 0.183. The Labute approximate surface area is 141 Å². The molecule has 0 saturated heterocycles. The summed E-state index contributed by atoms with van der Waals surface area (Å²) in [7, 11) is 0. The molecule has 0 unspecified atom stereocenters. The molecular formula is HGd2Mo2S2-. The van der Waals surface area contributed by atoms with E-state index in [1.165, 1.54) is 0 Å². The summed E-state index contributed by atoms with van der Waals surface area (Å²) in [5.41, 5.74) is 0. The molecule has 0 fully saturated rings. The van der Waals surface area contributed by atoms with Crippen molar-refractivity contribution in [2.45, 2.75) is 0 Å². The van der Waals surface area contributed by atoms with Crippen molar-refractivity contribution in [1.29, 1.82) is 0 Å². The standard InChI is InChI=1S/2Gd.2Mo.H2S2/c;;;;1-2/h;;;;1-2H/p-1. The zero-order chi connectivity index (χ0) is 2.00. The van der Waals surface area contributed by atoms with Gasteiger partial charge in [0.2, 0.25) is 0 Å². The first-order chi connectivity index (χ1) is 1.00. The zero-order valence-electron chi connectivity index (χ0n) is 2.38. The maximum Gasteiger partial charge on any atom is 0 e. The van der Waals surface area contributed by atoms with Crippen molar-refractivity contribution in [2.75, 3.05) is 0 Å². The number of thiol groups is 1. The molecule has 0 amide bonds. The number of rotatable bonds is 0. The van der Waals surface area contributed by atoms with Gasteiger partial charge >= 0.3 is 0 Å². The van der Waals surface area contributed by atoms with E-state index in [0.29, 0.717) is 0 Å². The third-order valence-electron chi connectivity index (χ3n) is 0. The molecule has 0 aromatic carbocycles. The summed E-state index contributed by atoms with van der Waals surface area (Å²) in [6, 6.07) is 0. The molecule has 0 saturated carbocycles. The van der Waals surface area contributed by atoms with E-state index in [4.69, 9.17) is 0 Å². The minimum absolute atomic E-state index is 0. The maximum atomic E-state index is 3.78. The van der Waals surface area contributed by atoms with Crippen LogP contribution in [0.4, 0.5) is 0 Å². The Morgan fingerprint density at radius 1 is 0.833 bits per heavy atom. The first-order valence-corrected chi connectivity index (χ1v) is 1.64. The van der Waals surface area contributed by atoms with E-state index in [9.17, 15) is 0 Å². The predicted octanol–water partition coefficient (Wildman–Crippen LogP) is 0.373. The van der Waals surface area contributed by atoms with Gasteiger partial charge in [0.15, 0.2) is 0 Å². The van der Waals surface area contributed by atoms with E-state index in [1.54, 1.807) is 0 Å². The summed E-state index contributed by atoms with van der Waals surface area (Å²) in [6.07, 6.45) is 0. The van der Waals surface area contributed by atoms with E-state index >= 15 is 0 Å². The Hall–Kier alpha value is 4.73. The molecule has 0 heterocycles.